The molecule has 0 aliphatic carbocycles. The summed E-state index contributed by atoms with van der Waals surface area (Å²) < 4.78 is 18.2. The van der Waals surface area contributed by atoms with Crippen molar-refractivity contribution in [3.63, 3.8) is 0 Å². The first kappa shape index (κ1) is 18.7. The van der Waals surface area contributed by atoms with E-state index in [1.54, 1.807) is 25.1 Å². The van der Waals surface area contributed by atoms with E-state index in [9.17, 15) is 14.0 Å². The molecule has 2 aromatic carbocycles. The van der Waals surface area contributed by atoms with Crippen LogP contribution in [0.5, 0.6) is 0 Å². The molecule has 1 aromatic heterocycles. The van der Waals surface area contributed by atoms with E-state index in [0.29, 0.717) is 26.8 Å². The fraction of sp³-hybridized carbons (Fsp3) is 0.150. The van der Waals surface area contributed by atoms with Gasteiger partial charge in [-0.3, -0.25) is 4.79 Å². The Balaban J connectivity index is 1.63. The molecule has 0 bridgehead atoms. The molecule has 1 N–H and O–H groups in total. The van der Waals surface area contributed by atoms with Gasteiger partial charge in [-0.25, -0.2) is 14.2 Å². The summed E-state index contributed by atoms with van der Waals surface area (Å²) in [7, 11) is 0. The first-order valence-electron chi connectivity index (χ1n) is 8.20. The van der Waals surface area contributed by atoms with Gasteiger partial charge in [-0.15, -0.1) is 11.3 Å². The molecule has 27 heavy (non-hydrogen) atoms. The summed E-state index contributed by atoms with van der Waals surface area (Å²) in [5.74, 6) is -1.37. The first-order valence-corrected chi connectivity index (χ1v) is 9.01. The average molecular weight is 384 g/mol. The third-order valence-electron chi connectivity index (χ3n) is 3.83. The van der Waals surface area contributed by atoms with Crippen molar-refractivity contribution in [2.24, 2.45) is 0 Å². The van der Waals surface area contributed by atoms with E-state index in [1.807, 2.05) is 25.1 Å². The Kier molecular flexibility index (Phi) is 5.61. The number of benzene rings is 2. The van der Waals surface area contributed by atoms with E-state index in [0.717, 1.165) is 16.9 Å². The van der Waals surface area contributed by atoms with Gasteiger partial charge < -0.3 is 10.1 Å². The van der Waals surface area contributed by atoms with Crippen LogP contribution < -0.4 is 5.32 Å². The van der Waals surface area contributed by atoms with Crippen molar-refractivity contribution in [3.05, 3.63) is 70.5 Å². The molecule has 3 rings (SSSR count). The molecule has 0 aliphatic heterocycles. The highest BCUT2D eigenvalue weighted by molar-refractivity contribution is 7.17. The number of hydrogen-bond acceptors (Lipinski definition) is 5. The van der Waals surface area contributed by atoms with Gasteiger partial charge in [0.2, 0.25) is 0 Å². The van der Waals surface area contributed by atoms with Gasteiger partial charge in [0, 0.05) is 11.3 Å². The highest BCUT2D eigenvalue weighted by Crippen LogP contribution is 2.28. The van der Waals surface area contributed by atoms with E-state index in [1.165, 1.54) is 12.1 Å². The van der Waals surface area contributed by atoms with Crippen LogP contribution in [0.25, 0.3) is 10.6 Å². The molecule has 0 saturated heterocycles. The van der Waals surface area contributed by atoms with Gasteiger partial charge in [-0.05, 0) is 49.7 Å². The number of para-hydroxylation sites is 1. The average Bonchev–Trinajstić information content (AvgIpc) is 3.04. The minimum absolute atomic E-state index is 0.318. The Bertz CT molecular complexity index is 983. The summed E-state index contributed by atoms with van der Waals surface area (Å²) >= 11 is 1.14. The zero-order chi connectivity index (χ0) is 19.4. The number of rotatable bonds is 5. The molecule has 0 aliphatic rings. The number of nitrogens with zero attached hydrogens (tertiary/aromatic N) is 1. The minimum Gasteiger partial charge on any atom is -0.451 e. The van der Waals surface area contributed by atoms with E-state index < -0.39 is 18.5 Å². The van der Waals surface area contributed by atoms with Crippen LogP contribution >= 0.6 is 11.3 Å². The Morgan fingerprint density at radius 2 is 1.81 bits per heavy atom. The molecule has 5 nitrogen and oxygen atoms in total. The van der Waals surface area contributed by atoms with Crippen molar-refractivity contribution in [2.45, 2.75) is 13.8 Å². The first-order chi connectivity index (χ1) is 12.9. The van der Waals surface area contributed by atoms with Crippen molar-refractivity contribution >= 4 is 28.9 Å². The SMILES string of the molecule is Cc1ccccc1NC(=O)COC(=O)c1sc(-c2ccc(F)cc2)nc1C. The fourth-order valence-corrected chi connectivity index (χ4v) is 3.36. The second-order valence-corrected chi connectivity index (χ2v) is 6.88. The molecule has 0 atom stereocenters. The standard InChI is InChI=1S/C20H17FN2O3S/c1-12-5-3-4-6-16(12)23-17(24)11-26-20(25)18-13(2)22-19(27-18)14-7-9-15(21)10-8-14/h3-10H,11H2,1-2H3,(H,23,24). The van der Waals surface area contributed by atoms with E-state index in [2.05, 4.69) is 10.3 Å². The lowest BCUT2D eigenvalue weighted by Gasteiger charge is -2.08. The molecule has 138 valence electrons. The number of carbonyl (C=O) groups excluding carboxylic acids is 2. The second-order valence-electron chi connectivity index (χ2n) is 5.88. The number of esters is 1. The third-order valence-corrected chi connectivity index (χ3v) is 5.01. The smallest absolute Gasteiger partial charge is 0.350 e. The molecule has 0 unspecified atom stereocenters. The molecule has 0 spiro atoms. The molecule has 1 heterocycles. The van der Waals surface area contributed by atoms with Crippen LogP contribution in [-0.4, -0.2) is 23.5 Å². The Labute approximate surface area is 159 Å². The number of amides is 1. The normalized spacial score (nSPS) is 10.5. The van der Waals surface area contributed by atoms with Crippen LogP contribution in [0.15, 0.2) is 48.5 Å². The monoisotopic (exact) mass is 384 g/mol. The number of hydrogen-bond donors (Lipinski definition) is 1. The third kappa shape index (κ3) is 4.57. The summed E-state index contributed by atoms with van der Waals surface area (Å²) in [6.45, 7) is 3.17. The second kappa shape index (κ2) is 8.09. The topological polar surface area (TPSA) is 68.3 Å². The number of aryl methyl sites for hydroxylation is 2. The van der Waals surface area contributed by atoms with Crippen molar-refractivity contribution in [2.75, 3.05) is 11.9 Å². The Hall–Kier alpha value is -3.06. The van der Waals surface area contributed by atoms with Crippen LogP contribution in [0.2, 0.25) is 0 Å². The maximum absolute atomic E-state index is 13.0. The van der Waals surface area contributed by atoms with Gasteiger partial charge in [0.1, 0.15) is 15.7 Å². The fourth-order valence-electron chi connectivity index (χ4n) is 2.40. The number of ether oxygens (including phenoxy) is 1. The Morgan fingerprint density at radius 1 is 1.11 bits per heavy atom. The highest BCUT2D eigenvalue weighted by Gasteiger charge is 2.19. The van der Waals surface area contributed by atoms with Crippen LogP contribution in [0.3, 0.4) is 0 Å². The van der Waals surface area contributed by atoms with Crippen LogP contribution in [0.4, 0.5) is 10.1 Å². The molecule has 0 fully saturated rings. The zero-order valence-electron chi connectivity index (χ0n) is 14.8. The van der Waals surface area contributed by atoms with Gasteiger partial charge in [0.25, 0.3) is 5.91 Å². The maximum atomic E-state index is 13.0. The molecule has 0 radical (unpaired) electrons. The lowest BCUT2D eigenvalue weighted by Crippen LogP contribution is -2.21. The van der Waals surface area contributed by atoms with Gasteiger partial charge in [-0.1, -0.05) is 18.2 Å². The maximum Gasteiger partial charge on any atom is 0.350 e. The number of nitrogens with one attached hydrogen (secondary N) is 1. The molecule has 1 amide bonds. The highest BCUT2D eigenvalue weighted by atomic mass is 32.1. The van der Waals surface area contributed by atoms with Gasteiger partial charge in [0.05, 0.1) is 5.69 Å². The summed E-state index contributed by atoms with van der Waals surface area (Å²) in [4.78, 5) is 29.0. The quantitative estimate of drug-likeness (QED) is 0.664. The van der Waals surface area contributed by atoms with E-state index >= 15 is 0 Å². The molecule has 7 heteroatoms. The summed E-state index contributed by atoms with van der Waals surface area (Å²) in [6, 6.07) is 13.2. The largest absolute Gasteiger partial charge is 0.451 e. The van der Waals surface area contributed by atoms with Crippen molar-refractivity contribution in [1.29, 1.82) is 0 Å². The Morgan fingerprint density at radius 3 is 2.52 bits per heavy atom. The van der Waals surface area contributed by atoms with Gasteiger partial charge in [0.15, 0.2) is 6.61 Å². The molecular weight excluding hydrogens is 367 g/mol. The van der Waals surface area contributed by atoms with E-state index in [-0.39, 0.29) is 5.82 Å². The zero-order valence-corrected chi connectivity index (χ0v) is 15.6. The van der Waals surface area contributed by atoms with Gasteiger partial charge >= 0.3 is 5.97 Å². The summed E-state index contributed by atoms with van der Waals surface area (Å²) in [6.07, 6.45) is 0. The van der Waals surface area contributed by atoms with Crippen LogP contribution in [-0.2, 0) is 9.53 Å². The number of thiazole rings is 1. The number of carbonyl (C=O) groups is 2. The lowest BCUT2D eigenvalue weighted by molar-refractivity contribution is -0.119. The van der Waals surface area contributed by atoms with E-state index in [4.69, 9.17) is 4.74 Å². The number of anilines is 1. The number of halogens is 1. The van der Waals surface area contributed by atoms with Crippen LogP contribution in [0, 0.1) is 19.7 Å². The van der Waals surface area contributed by atoms with Crippen LogP contribution in [0.1, 0.15) is 20.9 Å². The van der Waals surface area contributed by atoms with Crippen molar-refractivity contribution in [1.82, 2.24) is 4.98 Å². The predicted octanol–water partition coefficient (Wildman–Crippen LogP) is 4.36. The predicted molar refractivity (Wildman–Crippen MR) is 102 cm³/mol. The van der Waals surface area contributed by atoms with Crippen molar-refractivity contribution in [3.8, 4) is 10.6 Å². The van der Waals surface area contributed by atoms with Gasteiger partial charge in [-0.2, -0.15) is 0 Å². The minimum atomic E-state index is -0.613. The lowest BCUT2D eigenvalue weighted by atomic mass is 10.2. The molecule has 3 aromatic rings. The number of aromatic nitrogens is 1. The molecule has 0 saturated carbocycles. The van der Waals surface area contributed by atoms with Crippen molar-refractivity contribution < 1.29 is 18.7 Å². The molecular formula is C20H17FN2O3S. The summed E-state index contributed by atoms with van der Waals surface area (Å²) in [5.41, 5.74) is 2.80. The summed E-state index contributed by atoms with van der Waals surface area (Å²) in [5, 5.41) is 3.29.